The summed E-state index contributed by atoms with van der Waals surface area (Å²) in [6.45, 7) is 0. The van der Waals surface area contributed by atoms with Crippen molar-refractivity contribution in [3.63, 3.8) is 0 Å². The van der Waals surface area contributed by atoms with Gasteiger partial charge in [-0.2, -0.15) is 5.10 Å². The van der Waals surface area contributed by atoms with Crippen LogP contribution in [0.3, 0.4) is 0 Å². The molecule has 0 fully saturated rings. The molecule has 0 radical (unpaired) electrons. The molecular weight excluding hydrogens is 198 g/mol. The molecule has 5 nitrogen and oxygen atoms in total. The summed E-state index contributed by atoms with van der Waals surface area (Å²) in [4.78, 5) is 8.09. The lowest BCUT2D eigenvalue weighted by Gasteiger charge is -1.94. The third kappa shape index (κ3) is 0.942. The Hall–Kier alpha value is -1.82. The van der Waals surface area contributed by atoms with Gasteiger partial charge in [-0.25, -0.2) is 15.2 Å². The van der Waals surface area contributed by atoms with Crippen LogP contribution in [0.1, 0.15) is 0 Å². The number of H-pyrrole nitrogens is 2. The largest absolute Gasteiger partial charge is 0.283 e. The second kappa shape index (κ2) is 2.58. The Kier molecular flexibility index (Phi) is 1.40. The van der Waals surface area contributed by atoms with Crippen molar-refractivity contribution in [2.24, 2.45) is 0 Å². The normalized spacial score (nSPS) is 11.1. The quantitative estimate of drug-likeness (QED) is 0.544. The fraction of sp³-hybridized carbons (Fsp3) is 0. The van der Waals surface area contributed by atoms with Gasteiger partial charge in [0.1, 0.15) is 16.5 Å². The van der Waals surface area contributed by atoms with E-state index in [4.69, 9.17) is 12.2 Å². The van der Waals surface area contributed by atoms with E-state index in [-0.39, 0.29) is 0 Å². The summed E-state index contributed by atoms with van der Waals surface area (Å²) in [5.74, 6) is 0. The topological polar surface area (TPSA) is 70.2 Å². The van der Waals surface area contributed by atoms with Gasteiger partial charge in [-0.05, 0) is 12.1 Å². The number of aromatic amines is 2. The van der Waals surface area contributed by atoms with Crippen LogP contribution in [0.25, 0.3) is 21.9 Å². The molecule has 0 saturated heterocycles. The van der Waals surface area contributed by atoms with Gasteiger partial charge in [-0.15, -0.1) is 0 Å². The summed E-state index contributed by atoms with van der Waals surface area (Å²) in [7, 11) is 0. The van der Waals surface area contributed by atoms with Crippen molar-refractivity contribution in [1.29, 1.82) is 0 Å². The number of fused-ring (bicyclic) bond motifs is 2. The molecule has 3 rings (SSSR count). The molecule has 1 aromatic carbocycles. The van der Waals surface area contributed by atoms with Gasteiger partial charge in [0.15, 0.2) is 0 Å². The molecule has 0 aliphatic carbocycles. The van der Waals surface area contributed by atoms with E-state index in [0.717, 1.165) is 21.9 Å². The first kappa shape index (κ1) is 7.57. The lowest BCUT2D eigenvalue weighted by molar-refractivity contribution is 0.959. The zero-order valence-corrected chi connectivity index (χ0v) is 7.80. The van der Waals surface area contributed by atoms with Gasteiger partial charge in [0, 0.05) is 5.39 Å². The minimum Gasteiger partial charge on any atom is -0.283 e. The van der Waals surface area contributed by atoms with Crippen molar-refractivity contribution < 1.29 is 0 Å². The molecule has 14 heavy (non-hydrogen) atoms. The Morgan fingerprint density at radius 1 is 1.14 bits per heavy atom. The van der Waals surface area contributed by atoms with Gasteiger partial charge in [0.2, 0.25) is 0 Å². The molecule has 2 aromatic heterocycles. The Bertz CT molecular complexity index is 668. The molecule has 6 heteroatoms. The van der Waals surface area contributed by atoms with E-state index in [9.17, 15) is 0 Å². The van der Waals surface area contributed by atoms with Crippen molar-refractivity contribution in [3.05, 3.63) is 23.1 Å². The lowest BCUT2D eigenvalue weighted by atomic mass is 10.2. The van der Waals surface area contributed by atoms with Gasteiger partial charge in [-0.1, -0.05) is 12.2 Å². The molecule has 68 valence electrons. The molecule has 0 atom stereocenters. The highest BCUT2D eigenvalue weighted by molar-refractivity contribution is 7.71. The molecule has 0 unspecified atom stereocenters. The minimum absolute atomic E-state index is 0.555. The van der Waals surface area contributed by atoms with Crippen LogP contribution >= 0.6 is 12.2 Å². The van der Waals surface area contributed by atoms with Crippen LogP contribution in [0.4, 0.5) is 0 Å². The summed E-state index contributed by atoms with van der Waals surface area (Å²) in [5, 5.41) is 10.5. The highest BCUT2D eigenvalue weighted by Gasteiger charge is 2.02. The molecule has 0 spiro atoms. The zero-order chi connectivity index (χ0) is 9.54. The maximum Gasteiger partial charge on any atom is 0.137 e. The SMILES string of the molecule is S=c1ncnc2cc3[nH][nH]nc3cc12. The number of nitrogens with one attached hydrogen (secondary N) is 2. The third-order valence-electron chi connectivity index (χ3n) is 2.08. The van der Waals surface area contributed by atoms with Crippen molar-refractivity contribution in [3.8, 4) is 0 Å². The third-order valence-corrected chi connectivity index (χ3v) is 2.41. The molecule has 0 amide bonds. The number of benzene rings is 1. The molecular formula is C8H5N5S. The van der Waals surface area contributed by atoms with E-state index in [0.29, 0.717) is 4.64 Å². The van der Waals surface area contributed by atoms with E-state index in [1.807, 2.05) is 12.1 Å². The van der Waals surface area contributed by atoms with Crippen LogP contribution in [0.15, 0.2) is 18.5 Å². The van der Waals surface area contributed by atoms with Crippen molar-refractivity contribution in [2.45, 2.75) is 0 Å². The first-order valence-corrected chi connectivity index (χ1v) is 4.43. The monoisotopic (exact) mass is 203 g/mol. The van der Waals surface area contributed by atoms with Crippen LogP contribution in [-0.4, -0.2) is 25.4 Å². The van der Waals surface area contributed by atoms with Crippen molar-refractivity contribution in [1.82, 2.24) is 25.4 Å². The van der Waals surface area contributed by atoms with Crippen molar-refractivity contribution in [2.75, 3.05) is 0 Å². The summed E-state index contributed by atoms with van der Waals surface area (Å²) in [5.41, 5.74) is 2.57. The molecule has 2 heterocycles. The Morgan fingerprint density at radius 2 is 2.07 bits per heavy atom. The molecule has 2 N–H and O–H groups in total. The molecule has 3 aromatic rings. The number of hydrogen-bond acceptors (Lipinski definition) is 4. The predicted molar refractivity (Wildman–Crippen MR) is 54.4 cm³/mol. The second-order valence-corrected chi connectivity index (χ2v) is 3.30. The van der Waals surface area contributed by atoms with E-state index in [1.165, 1.54) is 6.33 Å². The first-order chi connectivity index (χ1) is 6.84. The summed E-state index contributed by atoms with van der Waals surface area (Å²) in [6, 6.07) is 3.77. The van der Waals surface area contributed by atoms with Crippen LogP contribution < -0.4 is 0 Å². The smallest absolute Gasteiger partial charge is 0.137 e. The minimum atomic E-state index is 0.555. The summed E-state index contributed by atoms with van der Waals surface area (Å²) in [6.07, 6.45) is 1.47. The molecule has 0 aliphatic heterocycles. The van der Waals surface area contributed by atoms with Gasteiger partial charge in [-0.3, -0.25) is 5.10 Å². The Labute approximate surface area is 83.2 Å². The number of rotatable bonds is 0. The average Bonchev–Trinajstić information content (AvgIpc) is 2.62. The number of hydrogen-bond donors (Lipinski definition) is 2. The first-order valence-electron chi connectivity index (χ1n) is 4.02. The van der Waals surface area contributed by atoms with Gasteiger partial charge < -0.3 is 0 Å². The van der Waals surface area contributed by atoms with E-state index >= 15 is 0 Å². The van der Waals surface area contributed by atoms with E-state index in [1.54, 1.807) is 0 Å². The standard InChI is InChI=1S/C8H5N5S/c14-8-4-1-6-7(12-13-11-6)2-5(4)9-3-10-8/h1-3,12-13H. The maximum absolute atomic E-state index is 5.09. The van der Waals surface area contributed by atoms with Crippen LogP contribution in [0.2, 0.25) is 0 Å². The number of nitrogens with zero attached hydrogens (tertiary/aromatic N) is 3. The maximum atomic E-state index is 5.09. The van der Waals surface area contributed by atoms with Crippen LogP contribution in [-0.2, 0) is 0 Å². The zero-order valence-electron chi connectivity index (χ0n) is 6.98. The Morgan fingerprint density at radius 3 is 3.00 bits per heavy atom. The van der Waals surface area contributed by atoms with Gasteiger partial charge >= 0.3 is 0 Å². The fourth-order valence-electron chi connectivity index (χ4n) is 1.41. The average molecular weight is 203 g/mol. The number of aromatic nitrogens is 5. The van der Waals surface area contributed by atoms with E-state index in [2.05, 4.69) is 25.4 Å². The van der Waals surface area contributed by atoms with E-state index < -0.39 is 0 Å². The highest BCUT2D eigenvalue weighted by atomic mass is 32.1. The van der Waals surface area contributed by atoms with Crippen LogP contribution in [0.5, 0.6) is 0 Å². The highest BCUT2D eigenvalue weighted by Crippen LogP contribution is 2.17. The molecule has 0 saturated carbocycles. The second-order valence-electron chi connectivity index (χ2n) is 2.91. The molecule has 0 aliphatic rings. The van der Waals surface area contributed by atoms with Crippen molar-refractivity contribution >= 4 is 34.2 Å². The van der Waals surface area contributed by atoms with Gasteiger partial charge in [0.05, 0.1) is 11.0 Å². The van der Waals surface area contributed by atoms with Crippen LogP contribution in [0, 0.1) is 4.64 Å². The fourth-order valence-corrected chi connectivity index (χ4v) is 1.62. The predicted octanol–water partition coefficient (Wildman–Crippen LogP) is 1.56. The van der Waals surface area contributed by atoms with Gasteiger partial charge in [0.25, 0.3) is 0 Å². The summed E-state index contributed by atoms with van der Waals surface area (Å²) >= 11 is 5.09. The Balaban J connectivity index is 2.63. The lowest BCUT2D eigenvalue weighted by Crippen LogP contribution is -1.83. The molecule has 0 bridgehead atoms. The summed E-state index contributed by atoms with van der Waals surface area (Å²) < 4.78 is 0.555.